The number of hydrogen-bond donors (Lipinski definition) is 0. The third kappa shape index (κ3) is 3.25. The van der Waals surface area contributed by atoms with Crippen LogP contribution in [0.15, 0.2) is 24.3 Å². The minimum absolute atomic E-state index is 0.168. The average molecular weight is 360 g/mol. The van der Waals surface area contributed by atoms with Crippen LogP contribution >= 0.6 is 0 Å². The first-order valence-electron chi connectivity index (χ1n) is 10.1. The van der Waals surface area contributed by atoms with Crippen LogP contribution in [0.25, 0.3) is 10.8 Å². The van der Waals surface area contributed by atoms with E-state index in [-0.39, 0.29) is 5.39 Å². The Kier molecular flexibility index (Phi) is 4.98. The van der Waals surface area contributed by atoms with E-state index in [1.54, 1.807) is 6.07 Å². The molecule has 3 heteroatoms. The van der Waals surface area contributed by atoms with Crippen LogP contribution in [0.3, 0.4) is 0 Å². The third-order valence-electron chi connectivity index (χ3n) is 6.89. The van der Waals surface area contributed by atoms with Crippen LogP contribution in [-0.4, -0.2) is 0 Å². The second kappa shape index (κ2) is 7.25. The summed E-state index contributed by atoms with van der Waals surface area (Å²) in [5, 5.41) is 0.633. The normalized spacial score (nSPS) is 28.9. The highest BCUT2D eigenvalue weighted by Gasteiger charge is 2.35. The van der Waals surface area contributed by atoms with E-state index in [1.165, 1.54) is 44.9 Å². The summed E-state index contributed by atoms with van der Waals surface area (Å²) in [4.78, 5) is 0. The van der Waals surface area contributed by atoms with E-state index >= 15 is 0 Å². The van der Waals surface area contributed by atoms with E-state index in [4.69, 9.17) is 0 Å². The molecule has 0 radical (unpaired) electrons. The predicted molar refractivity (Wildman–Crippen MR) is 99.6 cm³/mol. The van der Waals surface area contributed by atoms with Crippen molar-refractivity contribution in [3.63, 3.8) is 0 Å². The maximum atomic E-state index is 13.9. The van der Waals surface area contributed by atoms with Gasteiger partial charge >= 0.3 is 0 Å². The van der Waals surface area contributed by atoms with Crippen LogP contribution in [-0.2, 0) is 0 Å². The Hall–Kier alpha value is -1.51. The summed E-state index contributed by atoms with van der Waals surface area (Å²) in [7, 11) is 0. The maximum Gasteiger partial charge on any atom is 0.195 e. The third-order valence-corrected chi connectivity index (χ3v) is 6.89. The Morgan fingerprint density at radius 3 is 2.46 bits per heavy atom. The van der Waals surface area contributed by atoms with Crippen LogP contribution < -0.4 is 0 Å². The van der Waals surface area contributed by atoms with Gasteiger partial charge in [0.2, 0.25) is 0 Å². The summed E-state index contributed by atoms with van der Waals surface area (Å²) in [6.07, 6.45) is 10.3. The molecule has 2 aliphatic carbocycles. The number of fused-ring (bicyclic) bond motifs is 2. The van der Waals surface area contributed by atoms with Crippen LogP contribution in [0.1, 0.15) is 69.8 Å². The zero-order chi connectivity index (χ0) is 18.3. The van der Waals surface area contributed by atoms with Gasteiger partial charge < -0.3 is 0 Å². The molecule has 0 bridgehead atoms. The number of benzene rings is 2. The molecular weight excluding hydrogens is 333 g/mol. The van der Waals surface area contributed by atoms with Crippen molar-refractivity contribution in [2.45, 2.75) is 64.2 Å². The predicted octanol–water partition coefficient (Wildman–Crippen LogP) is 7.36. The average Bonchev–Trinajstić information content (AvgIpc) is 2.65. The molecule has 140 valence electrons. The van der Waals surface area contributed by atoms with Gasteiger partial charge in [0.15, 0.2) is 17.5 Å². The van der Waals surface area contributed by atoms with Gasteiger partial charge in [0.25, 0.3) is 0 Å². The van der Waals surface area contributed by atoms with Crippen molar-refractivity contribution < 1.29 is 13.2 Å². The van der Waals surface area contributed by atoms with Gasteiger partial charge in [-0.2, -0.15) is 0 Å². The molecule has 4 rings (SSSR count). The fraction of sp³-hybridized carbons (Fsp3) is 0.565. The SMILES string of the molecule is CCC[C@@H]1CC[C@@H]2CC(c3ccc4c(F)c(F)c(F)cc4c3)CCC2C1. The topological polar surface area (TPSA) is 0 Å². The van der Waals surface area contributed by atoms with E-state index in [2.05, 4.69) is 6.92 Å². The van der Waals surface area contributed by atoms with Gasteiger partial charge in [-0.05, 0) is 72.8 Å². The molecule has 0 aliphatic heterocycles. The van der Waals surface area contributed by atoms with Crippen molar-refractivity contribution in [3.05, 3.63) is 47.3 Å². The molecule has 0 saturated heterocycles. The van der Waals surface area contributed by atoms with E-state index in [9.17, 15) is 13.2 Å². The molecule has 2 aromatic carbocycles. The lowest BCUT2D eigenvalue weighted by Gasteiger charge is -2.42. The Labute approximate surface area is 153 Å². The van der Waals surface area contributed by atoms with Crippen molar-refractivity contribution in [1.29, 1.82) is 0 Å². The van der Waals surface area contributed by atoms with Gasteiger partial charge in [0, 0.05) is 5.39 Å². The summed E-state index contributed by atoms with van der Waals surface area (Å²) >= 11 is 0. The molecule has 0 heterocycles. The molecule has 26 heavy (non-hydrogen) atoms. The van der Waals surface area contributed by atoms with Crippen molar-refractivity contribution in [3.8, 4) is 0 Å². The summed E-state index contributed by atoms with van der Waals surface area (Å²) in [5.74, 6) is -0.539. The molecule has 0 N–H and O–H groups in total. The quantitative estimate of drug-likeness (QED) is 0.502. The van der Waals surface area contributed by atoms with Crippen LogP contribution in [0.4, 0.5) is 13.2 Å². The first kappa shape index (κ1) is 17.9. The second-order valence-electron chi connectivity index (χ2n) is 8.46. The molecule has 2 fully saturated rings. The zero-order valence-electron chi connectivity index (χ0n) is 15.4. The Morgan fingerprint density at radius 2 is 1.65 bits per heavy atom. The van der Waals surface area contributed by atoms with Gasteiger partial charge in [-0.25, -0.2) is 13.2 Å². The van der Waals surface area contributed by atoms with E-state index in [1.807, 2.05) is 12.1 Å². The van der Waals surface area contributed by atoms with Crippen LogP contribution in [0.5, 0.6) is 0 Å². The second-order valence-corrected chi connectivity index (χ2v) is 8.46. The monoisotopic (exact) mass is 360 g/mol. The molecule has 0 nitrogen and oxygen atoms in total. The van der Waals surface area contributed by atoms with Crippen LogP contribution in [0.2, 0.25) is 0 Å². The van der Waals surface area contributed by atoms with E-state index < -0.39 is 17.5 Å². The van der Waals surface area contributed by atoms with Crippen molar-refractivity contribution in [2.75, 3.05) is 0 Å². The molecular formula is C23H27F3. The first-order valence-corrected chi connectivity index (χ1v) is 10.1. The largest absolute Gasteiger partial charge is 0.204 e. The maximum absolute atomic E-state index is 13.9. The minimum Gasteiger partial charge on any atom is -0.204 e. The first-order chi connectivity index (χ1) is 12.6. The van der Waals surface area contributed by atoms with Gasteiger partial charge in [-0.3, -0.25) is 0 Å². The van der Waals surface area contributed by atoms with Gasteiger partial charge in [-0.15, -0.1) is 0 Å². The molecule has 0 spiro atoms. The van der Waals surface area contributed by atoms with Crippen molar-refractivity contribution in [2.24, 2.45) is 17.8 Å². The van der Waals surface area contributed by atoms with Crippen molar-refractivity contribution >= 4 is 10.8 Å². The van der Waals surface area contributed by atoms with Crippen LogP contribution in [0, 0.1) is 35.2 Å². The Bertz CT molecular complexity index is 798. The molecule has 2 saturated carbocycles. The molecule has 4 atom stereocenters. The smallest absolute Gasteiger partial charge is 0.195 e. The molecule has 2 aliphatic rings. The Balaban J connectivity index is 1.53. The van der Waals surface area contributed by atoms with Crippen molar-refractivity contribution in [1.82, 2.24) is 0 Å². The standard InChI is InChI=1S/C23H27F3/c1-2-3-14-4-5-16-11-17(7-6-15(16)10-14)18-8-9-20-19(12-18)13-21(24)23(26)22(20)25/h8-9,12-17H,2-7,10-11H2,1H3/t14-,15?,16-,17?/m1/s1. The van der Waals surface area contributed by atoms with E-state index in [0.717, 1.165) is 35.8 Å². The lowest BCUT2D eigenvalue weighted by Crippen LogP contribution is -2.30. The van der Waals surface area contributed by atoms with Gasteiger partial charge in [0.1, 0.15) is 0 Å². The lowest BCUT2D eigenvalue weighted by atomic mass is 9.63. The zero-order valence-corrected chi connectivity index (χ0v) is 15.4. The molecule has 0 aromatic heterocycles. The lowest BCUT2D eigenvalue weighted by molar-refractivity contribution is 0.114. The Morgan fingerprint density at radius 1 is 0.885 bits per heavy atom. The van der Waals surface area contributed by atoms with Gasteiger partial charge in [0.05, 0.1) is 0 Å². The number of hydrogen-bond acceptors (Lipinski definition) is 0. The molecule has 0 amide bonds. The summed E-state index contributed by atoms with van der Waals surface area (Å²) in [6, 6.07) is 6.52. The highest BCUT2D eigenvalue weighted by Crippen LogP contribution is 2.48. The fourth-order valence-corrected chi connectivity index (χ4v) is 5.54. The number of rotatable bonds is 3. The summed E-state index contributed by atoms with van der Waals surface area (Å²) in [5.41, 5.74) is 1.15. The fourth-order valence-electron chi connectivity index (χ4n) is 5.54. The molecule has 2 unspecified atom stereocenters. The highest BCUT2D eigenvalue weighted by molar-refractivity contribution is 5.84. The highest BCUT2D eigenvalue weighted by atomic mass is 19.2. The summed E-state index contributed by atoms with van der Waals surface area (Å²) in [6.45, 7) is 2.28. The van der Waals surface area contributed by atoms with Gasteiger partial charge in [-0.1, -0.05) is 44.4 Å². The number of halogens is 3. The molecule has 2 aromatic rings. The summed E-state index contributed by atoms with van der Waals surface area (Å²) < 4.78 is 41.0. The van der Waals surface area contributed by atoms with E-state index in [0.29, 0.717) is 11.3 Å². The minimum atomic E-state index is -1.38.